The minimum absolute atomic E-state index is 0.218. The van der Waals surface area contributed by atoms with Gasteiger partial charge in [-0.25, -0.2) is 10.4 Å². The van der Waals surface area contributed by atoms with Gasteiger partial charge in [0, 0.05) is 5.69 Å². The molecular formula is C10H10N4O2. The highest BCUT2D eigenvalue weighted by Gasteiger charge is 2.05. The average Bonchev–Trinajstić information content (AvgIpc) is 2.90. The van der Waals surface area contributed by atoms with Gasteiger partial charge in [-0.2, -0.15) is 5.10 Å². The summed E-state index contributed by atoms with van der Waals surface area (Å²) in [6.07, 6.45) is 4.45. The van der Waals surface area contributed by atoms with Gasteiger partial charge in [-0.1, -0.05) is 0 Å². The number of aryl methyl sites for hydroxylation is 1. The molecule has 2 aromatic heterocycles. The first kappa shape index (κ1) is 10.2. The van der Waals surface area contributed by atoms with Gasteiger partial charge in [0.05, 0.1) is 18.8 Å². The third-order valence-corrected chi connectivity index (χ3v) is 1.97. The molecule has 0 aliphatic rings. The van der Waals surface area contributed by atoms with E-state index in [4.69, 9.17) is 4.42 Å². The predicted octanol–water partition coefficient (Wildman–Crippen LogP) is 1.08. The summed E-state index contributed by atoms with van der Waals surface area (Å²) < 4.78 is 4.90. The van der Waals surface area contributed by atoms with Gasteiger partial charge in [-0.15, -0.1) is 0 Å². The van der Waals surface area contributed by atoms with Crippen LogP contribution in [0.1, 0.15) is 21.9 Å². The molecule has 0 aromatic carbocycles. The van der Waals surface area contributed by atoms with Crippen LogP contribution < -0.4 is 5.43 Å². The molecule has 2 N–H and O–H groups in total. The van der Waals surface area contributed by atoms with Crippen molar-refractivity contribution in [3.05, 3.63) is 41.9 Å². The molecule has 2 aromatic rings. The number of imidazole rings is 1. The van der Waals surface area contributed by atoms with E-state index in [1.807, 2.05) is 6.92 Å². The zero-order valence-electron chi connectivity index (χ0n) is 8.60. The molecule has 0 aliphatic heterocycles. The molecule has 82 valence electrons. The lowest BCUT2D eigenvalue weighted by molar-refractivity contribution is 0.0927. The molecule has 1 amide bonds. The van der Waals surface area contributed by atoms with Crippen LogP contribution in [0.3, 0.4) is 0 Å². The van der Waals surface area contributed by atoms with Crippen LogP contribution in [-0.2, 0) is 0 Å². The van der Waals surface area contributed by atoms with Crippen molar-refractivity contribution in [2.45, 2.75) is 6.92 Å². The maximum atomic E-state index is 11.4. The Hall–Kier alpha value is -2.37. The molecular weight excluding hydrogens is 208 g/mol. The number of carbonyl (C=O) groups excluding carboxylic acids is 1. The SMILES string of the molecule is Cc1[nH]cnc1/C=N/NC(=O)c1ccco1. The van der Waals surface area contributed by atoms with Gasteiger partial charge in [0.15, 0.2) is 5.76 Å². The number of H-pyrrole nitrogens is 1. The van der Waals surface area contributed by atoms with E-state index < -0.39 is 5.91 Å². The van der Waals surface area contributed by atoms with Crippen molar-refractivity contribution >= 4 is 12.1 Å². The number of rotatable bonds is 3. The van der Waals surface area contributed by atoms with E-state index >= 15 is 0 Å². The number of hydrazone groups is 1. The van der Waals surface area contributed by atoms with Crippen molar-refractivity contribution in [1.29, 1.82) is 0 Å². The smallest absolute Gasteiger partial charge is 0.307 e. The van der Waals surface area contributed by atoms with E-state index in [9.17, 15) is 4.79 Å². The normalized spacial score (nSPS) is 10.8. The molecule has 0 radical (unpaired) electrons. The number of furan rings is 1. The number of carbonyl (C=O) groups is 1. The van der Waals surface area contributed by atoms with Gasteiger partial charge in [0.1, 0.15) is 5.69 Å². The Morgan fingerprint density at radius 1 is 1.69 bits per heavy atom. The summed E-state index contributed by atoms with van der Waals surface area (Å²) in [5.74, 6) is -0.176. The standard InChI is InChI=1S/C10H10N4O2/c1-7-8(12-6-11-7)5-13-14-10(15)9-3-2-4-16-9/h2-6H,1H3,(H,11,12)(H,14,15)/b13-5+. The molecule has 0 aliphatic carbocycles. The lowest BCUT2D eigenvalue weighted by Gasteiger charge is -1.94. The van der Waals surface area contributed by atoms with Gasteiger partial charge >= 0.3 is 5.91 Å². The Bertz CT molecular complexity index is 499. The number of nitrogens with zero attached hydrogens (tertiary/aromatic N) is 2. The highest BCUT2D eigenvalue weighted by molar-refractivity contribution is 5.92. The molecule has 6 heteroatoms. The first-order chi connectivity index (χ1) is 7.77. The fourth-order valence-electron chi connectivity index (χ4n) is 1.11. The Balaban J connectivity index is 1.96. The monoisotopic (exact) mass is 218 g/mol. The van der Waals surface area contributed by atoms with Crippen LogP contribution in [0.15, 0.2) is 34.2 Å². The van der Waals surface area contributed by atoms with Crippen molar-refractivity contribution in [2.24, 2.45) is 5.10 Å². The molecule has 0 fully saturated rings. The van der Waals surface area contributed by atoms with Gasteiger partial charge in [-0.3, -0.25) is 4.79 Å². The summed E-state index contributed by atoms with van der Waals surface area (Å²) in [4.78, 5) is 18.3. The molecule has 0 bridgehead atoms. The van der Waals surface area contributed by atoms with Crippen LogP contribution in [0, 0.1) is 6.92 Å². The van der Waals surface area contributed by atoms with Crippen LogP contribution >= 0.6 is 0 Å². The minimum atomic E-state index is -0.394. The summed E-state index contributed by atoms with van der Waals surface area (Å²) in [7, 11) is 0. The topological polar surface area (TPSA) is 83.3 Å². The van der Waals surface area contributed by atoms with Crippen molar-refractivity contribution in [1.82, 2.24) is 15.4 Å². The summed E-state index contributed by atoms with van der Waals surface area (Å²) in [5.41, 5.74) is 3.90. The lowest BCUT2D eigenvalue weighted by atomic mass is 10.4. The molecule has 2 rings (SSSR count). The zero-order chi connectivity index (χ0) is 11.4. The number of aromatic nitrogens is 2. The maximum absolute atomic E-state index is 11.4. The minimum Gasteiger partial charge on any atom is -0.459 e. The zero-order valence-corrected chi connectivity index (χ0v) is 8.60. The molecule has 16 heavy (non-hydrogen) atoms. The average molecular weight is 218 g/mol. The van der Waals surface area contributed by atoms with E-state index in [0.717, 1.165) is 5.69 Å². The highest BCUT2D eigenvalue weighted by atomic mass is 16.3. The quantitative estimate of drug-likeness (QED) is 0.597. The lowest BCUT2D eigenvalue weighted by Crippen LogP contribution is -2.16. The highest BCUT2D eigenvalue weighted by Crippen LogP contribution is 1.99. The second-order valence-electron chi connectivity index (χ2n) is 3.09. The van der Waals surface area contributed by atoms with E-state index in [-0.39, 0.29) is 5.76 Å². The summed E-state index contributed by atoms with van der Waals surface area (Å²) in [6.45, 7) is 1.86. The van der Waals surface area contributed by atoms with E-state index in [2.05, 4.69) is 20.5 Å². The molecule has 0 saturated carbocycles. The third-order valence-electron chi connectivity index (χ3n) is 1.97. The van der Waals surface area contributed by atoms with Crippen LogP contribution in [0.5, 0.6) is 0 Å². The number of aromatic amines is 1. The number of hydrogen-bond donors (Lipinski definition) is 2. The molecule has 0 saturated heterocycles. The van der Waals surface area contributed by atoms with E-state index in [0.29, 0.717) is 5.69 Å². The van der Waals surface area contributed by atoms with Gasteiger partial charge in [0.2, 0.25) is 0 Å². The van der Waals surface area contributed by atoms with Crippen molar-refractivity contribution in [3.63, 3.8) is 0 Å². The number of hydrogen-bond acceptors (Lipinski definition) is 4. The van der Waals surface area contributed by atoms with E-state index in [1.165, 1.54) is 12.5 Å². The Labute approximate surface area is 91.4 Å². The van der Waals surface area contributed by atoms with Crippen LogP contribution in [-0.4, -0.2) is 22.1 Å². The maximum Gasteiger partial charge on any atom is 0.307 e. The van der Waals surface area contributed by atoms with Crippen LogP contribution in [0.4, 0.5) is 0 Å². The molecule has 6 nitrogen and oxygen atoms in total. The second-order valence-corrected chi connectivity index (χ2v) is 3.09. The van der Waals surface area contributed by atoms with Gasteiger partial charge < -0.3 is 9.40 Å². The second kappa shape index (κ2) is 4.43. The molecule has 0 atom stereocenters. The first-order valence-corrected chi connectivity index (χ1v) is 4.64. The fraction of sp³-hybridized carbons (Fsp3) is 0.100. The number of amides is 1. The van der Waals surface area contributed by atoms with Gasteiger partial charge in [-0.05, 0) is 19.1 Å². The Morgan fingerprint density at radius 2 is 2.56 bits per heavy atom. The largest absolute Gasteiger partial charge is 0.459 e. The fourth-order valence-corrected chi connectivity index (χ4v) is 1.11. The summed E-state index contributed by atoms with van der Waals surface area (Å²) in [5, 5.41) is 3.76. The number of nitrogens with one attached hydrogen (secondary N) is 2. The van der Waals surface area contributed by atoms with Crippen molar-refractivity contribution < 1.29 is 9.21 Å². The molecule has 2 heterocycles. The Morgan fingerprint density at radius 3 is 3.19 bits per heavy atom. The Kier molecular flexibility index (Phi) is 2.81. The molecule has 0 spiro atoms. The third kappa shape index (κ3) is 2.17. The van der Waals surface area contributed by atoms with Crippen molar-refractivity contribution in [3.8, 4) is 0 Å². The van der Waals surface area contributed by atoms with Gasteiger partial charge in [0.25, 0.3) is 0 Å². The van der Waals surface area contributed by atoms with Crippen LogP contribution in [0.25, 0.3) is 0 Å². The van der Waals surface area contributed by atoms with Crippen molar-refractivity contribution in [2.75, 3.05) is 0 Å². The van der Waals surface area contributed by atoms with E-state index in [1.54, 1.807) is 18.5 Å². The first-order valence-electron chi connectivity index (χ1n) is 4.64. The molecule has 0 unspecified atom stereocenters. The van der Waals surface area contributed by atoms with Crippen LogP contribution in [0.2, 0.25) is 0 Å². The summed E-state index contributed by atoms with van der Waals surface area (Å²) >= 11 is 0. The predicted molar refractivity (Wildman–Crippen MR) is 57.1 cm³/mol. The summed E-state index contributed by atoms with van der Waals surface area (Å²) in [6, 6.07) is 3.20.